The minimum atomic E-state index is 0.0863. The zero-order valence-corrected chi connectivity index (χ0v) is 12.0. The molecule has 2 aliphatic carbocycles. The van der Waals surface area contributed by atoms with E-state index in [1.807, 2.05) is 18.2 Å². The summed E-state index contributed by atoms with van der Waals surface area (Å²) in [6, 6.07) is 5.72. The highest BCUT2D eigenvalue weighted by molar-refractivity contribution is 6.42. The van der Waals surface area contributed by atoms with Gasteiger partial charge in [-0.15, -0.1) is 0 Å². The Balaban J connectivity index is 2.11. The number of benzene rings is 1. The zero-order chi connectivity index (χ0) is 13.4. The topological polar surface area (TPSA) is 17.1 Å². The molecule has 0 amide bonds. The molecule has 0 aliphatic heterocycles. The summed E-state index contributed by atoms with van der Waals surface area (Å²) < 4.78 is 0. The minimum absolute atomic E-state index is 0.0863. The number of hydrogen-bond donors (Lipinski definition) is 0. The molecule has 0 N–H and O–H groups in total. The van der Waals surface area contributed by atoms with Crippen molar-refractivity contribution < 1.29 is 4.79 Å². The molecule has 3 heteroatoms. The van der Waals surface area contributed by atoms with E-state index in [0.29, 0.717) is 22.2 Å². The second kappa shape index (κ2) is 5.15. The lowest BCUT2D eigenvalue weighted by molar-refractivity contribution is -0.122. The molecule has 0 heterocycles. The van der Waals surface area contributed by atoms with Crippen molar-refractivity contribution in [2.24, 2.45) is 5.92 Å². The Kier molecular flexibility index (Phi) is 3.51. The number of Topliss-reactive ketones (excluding diaryl/α,β-unsaturated/α-hetero) is 1. The van der Waals surface area contributed by atoms with Gasteiger partial charge in [-0.2, -0.15) is 0 Å². The smallest absolute Gasteiger partial charge is 0.140 e. The summed E-state index contributed by atoms with van der Waals surface area (Å²) in [6.07, 6.45) is 7.64. The number of hydrogen-bond acceptors (Lipinski definition) is 1. The van der Waals surface area contributed by atoms with Gasteiger partial charge in [0, 0.05) is 12.3 Å². The van der Waals surface area contributed by atoms with Crippen LogP contribution in [0, 0.1) is 5.92 Å². The Bertz CT molecular complexity index is 599. The van der Waals surface area contributed by atoms with Crippen LogP contribution < -0.4 is 0 Å². The lowest BCUT2D eigenvalue weighted by Crippen LogP contribution is -2.23. The minimum Gasteiger partial charge on any atom is -0.299 e. The van der Waals surface area contributed by atoms with Gasteiger partial charge in [-0.3, -0.25) is 4.79 Å². The fraction of sp³-hybridized carbons (Fsp3) is 0.312. The number of carbonyl (C=O) groups is 1. The van der Waals surface area contributed by atoms with Crippen LogP contribution in [0.4, 0.5) is 0 Å². The molecule has 0 bridgehead atoms. The standard InChI is InChI=1S/C16H14Cl2O/c17-14-7-5-10(9-15(14)18)11-6-8-16(19)13-4-2-1-3-12(11)13/h1,3,5,7,9,13H,2,4,6,8H2. The fourth-order valence-electron chi connectivity index (χ4n) is 2.95. The molecule has 19 heavy (non-hydrogen) atoms. The van der Waals surface area contributed by atoms with Crippen LogP contribution in [0.2, 0.25) is 10.0 Å². The Morgan fingerprint density at radius 2 is 1.95 bits per heavy atom. The van der Waals surface area contributed by atoms with Crippen LogP contribution in [-0.2, 0) is 4.79 Å². The Morgan fingerprint density at radius 3 is 2.74 bits per heavy atom. The predicted octanol–water partition coefficient (Wildman–Crippen LogP) is 5.08. The third kappa shape index (κ3) is 2.37. The maximum absolute atomic E-state index is 12.0. The largest absolute Gasteiger partial charge is 0.299 e. The molecule has 1 atom stereocenters. The molecule has 98 valence electrons. The van der Waals surface area contributed by atoms with Gasteiger partial charge < -0.3 is 0 Å². The highest BCUT2D eigenvalue weighted by Gasteiger charge is 2.30. The molecular formula is C16H14Cl2O. The maximum Gasteiger partial charge on any atom is 0.140 e. The van der Waals surface area contributed by atoms with Gasteiger partial charge >= 0.3 is 0 Å². The van der Waals surface area contributed by atoms with Gasteiger partial charge in [0.1, 0.15) is 5.78 Å². The van der Waals surface area contributed by atoms with Crippen molar-refractivity contribution >= 4 is 34.6 Å². The monoisotopic (exact) mass is 292 g/mol. The molecule has 0 saturated carbocycles. The highest BCUT2D eigenvalue weighted by atomic mass is 35.5. The molecule has 0 aromatic heterocycles. The molecule has 1 aromatic rings. The van der Waals surface area contributed by atoms with Gasteiger partial charge in [-0.1, -0.05) is 41.4 Å². The zero-order valence-electron chi connectivity index (χ0n) is 10.5. The summed E-state index contributed by atoms with van der Waals surface area (Å²) in [4.78, 5) is 12.0. The first-order chi connectivity index (χ1) is 9.16. The van der Waals surface area contributed by atoms with Crippen LogP contribution in [0.25, 0.3) is 5.57 Å². The van der Waals surface area contributed by atoms with E-state index in [1.54, 1.807) is 0 Å². The molecule has 1 aromatic carbocycles. The van der Waals surface area contributed by atoms with Gasteiger partial charge in [0.25, 0.3) is 0 Å². The molecule has 0 fully saturated rings. The molecule has 1 nitrogen and oxygen atoms in total. The summed E-state index contributed by atoms with van der Waals surface area (Å²) >= 11 is 12.1. The second-order valence-electron chi connectivity index (χ2n) is 5.06. The number of carbonyl (C=O) groups excluding carboxylic acids is 1. The number of allylic oxidation sites excluding steroid dienone is 4. The van der Waals surface area contributed by atoms with E-state index in [-0.39, 0.29) is 5.92 Å². The molecule has 3 rings (SSSR count). The Labute approximate surface area is 122 Å². The molecule has 0 saturated heterocycles. The van der Waals surface area contributed by atoms with Gasteiger partial charge in [-0.25, -0.2) is 0 Å². The van der Waals surface area contributed by atoms with E-state index in [9.17, 15) is 4.79 Å². The quantitative estimate of drug-likeness (QED) is 0.706. The number of rotatable bonds is 1. The normalized spacial score (nSPS) is 22.6. The van der Waals surface area contributed by atoms with Crippen LogP contribution in [0.1, 0.15) is 31.2 Å². The average molecular weight is 293 g/mol. The number of ketones is 1. The molecule has 1 unspecified atom stereocenters. The third-order valence-corrected chi connectivity index (χ3v) is 4.66. The first kappa shape index (κ1) is 13.0. The van der Waals surface area contributed by atoms with Crippen LogP contribution in [0.3, 0.4) is 0 Å². The van der Waals surface area contributed by atoms with E-state index >= 15 is 0 Å². The number of halogens is 2. The lowest BCUT2D eigenvalue weighted by Gasteiger charge is -2.28. The van der Waals surface area contributed by atoms with Crippen molar-refractivity contribution in [2.75, 3.05) is 0 Å². The Morgan fingerprint density at radius 1 is 1.11 bits per heavy atom. The van der Waals surface area contributed by atoms with E-state index in [0.717, 1.165) is 24.8 Å². The molecule has 0 spiro atoms. The van der Waals surface area contributed by atoms with E-state index in [1.165, 1.54) is 11.1 Å². The van der Waals surface area contributed by atoms with Crippen LogP contribution in [0.5, 0.6) is 0 Å². The summed E-state index contributed by atoms with van der Waals surface area (Å²) in [7, 11) is 0. The van der Waals surface area contributed by atoms with Crippen molar-refractivity contribution in [3.63, 3.8) is 0 Å². The van der Waals surface area contributed by atoms with Crippen LogP contribution >= 0.6 is 23.2 Å². The van der Waals surface area contributed by atoms with Crippen molar-refractivity contribution in [1.29, 1.82) is 0 Å². The first-order valence-electron chi connectivity index (χ1n) is 6.54. The predicted molar refractivity (Wildman–Crippen MR) is 79.5 cm³/mol. The SMILES string of the molecule is O=C1CCC(c2ccc(Cl)c(Cl)c2)=C2C=CCCC12. The fourth-order valence-corrected chi connectivity index (χ4v) is 3.25. The maximum atomic E-state index is 12.0. The van der Waals surface area contributed by atoms with Crippen molar-refractivity contribution in [2.45, 2.75) is 25.7 Å². The van der Waals surface area contributed by atoms with E-state index < -0.39 is 0 Å². The summed E-state index contributed by atoms with van der Waals surface area (Å²) in [5.41, 5.74) is 3.52. The summed E-state index contributed by atoms with van der Waals surface area (Å²) in [5.74, 6) is 0.464. The van der Waals surface area contributed by atoms with Gasteiger partial charge in [0.05, 0.1) is 10.0 Å². The summed E-state index contributed by atoms with van der Waals surface area (Å²) in [5, 5.41) is 1.14. The lowest BCUT2D eigenvalue weighted by atomic mass is 9.75. The van der Waals surface area contributed by atoms with Gasteiger partial charge in [0.15, 0.2) is 0 Å². The Hall–Kier alpha value is -1.05. The van der Waals surface area contributed by atoms with Crippen LogP contribution in [-0.4, -0.2) is 5.78 Å². The van der Waals surface area contributed by atoms with Gasteiger partial charge in [-0.05, 0) is 48.1 Å². The van der Waals surface area contributed by atoms with Crippen LogP contribution in [0.15, 0.2) is 35.9 Å². The molecule has 2 aliphatic rings. The van der Waals surface area contributed by atoms with Crippen molar-refractivity contribution in [3.8, 4) is 0 Å². The number of fused-ring (bicyclic) bond motifs is 1. The average Bonchev–Trinajstić information content (AvgIpc) is 2.43. The summed E-state index contributed by atoms with van der Waals surface area (Å²) in [6.45, 7) is 0. The van der Waals surface area contributed by atoms with Crippen molar-refractivity contribution in [1.82, 2.24) is 0 Å². The third-order valence-electron chi connectivity index (χ3n) is 3.92. The second-order valence-corrected chi connectivity index (χ2v) is 5.88. The van der Waals surface area contributed by atoms with Gasteiger partial charge in [0.2, 0.25) is 0 Å². The van der Waals surface area contributed by atoms with Crippen molar-refractivity contribution in [3.05, 3.63) is 51.5 Å². The molecule has 0 radical (unpaired) electrons. The molecular weight excluding hydrogens is 279 g/mol. The van der Waals surface area contributed by atoms with E-state index in [4.69, 9.17) is 23.2 Å². The highest BCUT2D eigenvalue weighted by Crippen LogP contribution is 2.40. The van der Waals surface area contributed by atoms with E-state index in [2.05, 4.69) is 12.2 Å². The first-order valence-corrected chi connectivity index (χ1v) is 7.30.